The Balaban J connectivity index is 1.48. The Labute approximate surface area is 157 Å². The summed E-state index contributed by atoms with van der Waals surface area (Å²) in [6, 6.07) is 7.90. The smallest absolute Gasteiger partial charge is 0.320 e. The van der Waals surface area contributed by atoms with Crippen molar-refractivity contribution in [1.29, 1.82) is 0 Å². The number of benzene rings is 1. The van der Waals surface area contributed by atoms with Crippen molar-refractivity contribution in [2.24, 2.45) is 0 Å². The average molecular weight is 362 g/mol. The molecule has 27 heavy (non-hydrogen) atoms. The van der Waals surface area contributed by atoms with Crippen molar-refractivity contribution in [3.05, 3.63) is 49.1 Å². The third-order valence-corrected chi connectivity index (χ3v) is 4.88. The largest absolute Gasteiger partial charge is 0.335 e. The molecular formula is C20H22N6O. The van der Waals surface area contributed by atoms with E-state index in [2.05, 4.69) is 37.5 Å². The Kier molecular flexibility index (Phi) is 4.93. The van der Waals surface area contributed by atoms with Crippen molar-refractivity contribution in [3.63, 3.8) is 0 Å². The van der Waals surface area contributed by atoms with Gasteiger partial charge in [0.2, 0.25) is 0 Å². The summed E-state index contributed by atoms with van der Waals surface area (Å²) >= 11 is 0. The Bertz CT molecular complexity index is 938. The molecule has 1 aliphatic heterocycles. The van der Waals surface area contributed by atoms with Gasteiger partial charge in [-0.15, -0.1) is 0 Å². The number of likely N-dealkylation sites (tertiary alicyclic amines) is 1. The van der Waals surface area contributed by atoms with Crippen molar-refractivity contribution >= 4 is 22.6 Å². The van der Waals surface area contributed by atoms with E-state index in [0.29, 0.717) is 5.82 Å². The molecule has 0 radical (unpaired) electrons. The highest BCUT2D eigenvalue weighted by atomic mass is 16.2. The van der Waals surface area contributed by atoms with Crippen LogP contribution in [0.2, 0.25) is 0 Å². The number of fused-ring (bicyclic) bond motifs is 1. The zero-order chi connectivity index (χ0) is 18.6. The number of nitrogens with zero attached hydrogens (tertiary/aromatic N) is 4. The summed E-state index contributed by atoms with van der Waals surface area (Å²) in [6.07, 6.45) is 8.76. The molecule has 1 aliphatic rings. The highest BCUT2D eigenvalue weighted by molar-refractivity contribution is 5.93. The number of amides is 2. The normalized spacial score (nSPS) is 15.6. The van der Waals surface area contributed by atoms with E-state index in [-0.39, 0.29) is 12.1 Å². The fourth-order valence-corrected chi connectivity index (χ4v) is 3.31. The van der Waals surface area contributed by atoms with Gasteiger partial charge in [0.25, 0.3) is 0 Å². The first-order valence-electron chi connectivity index (χ1n) is 9.10. The molecule has 3 aromatic rings. The minimum Gasteiger partial charge on any atom is -0.335 e. The molecule has 4 rings (SSSR count). The lowest BCUT2D eigenvalue weighted by Crippen LogP contribution is -2.44. The Morgan fingerprint density at radius 2 is 1.93 bits per heavy atom. The molecule has 3 heterocycles. The SMILES string of the molecule is CN1CCC(NC(=O)Nc2cc3cc(-c4cnccn4)ccc3cn2)CC1. The number of carbonyl (C=O) groups excluding carboxylic acids is 1. The number of anilines is 1. The lowest BCUT2D eigenvalue weighted by molar-refractivity contribution is 0.221. The second kappa shape index (κ2) is 7.67. The van der Waals surface area contributed by atoms with Crippen LogP contribution in [0.5, 0.6) is 0 Å². The van der Waals surface area contributed by atoms with Gasteiger partial charge in [0.05, 0.1) is 11.9 Å². The van der Waals surface area contributed by atoms with Gasteiger partial charge in [-0.25, -0.2) is 9.78 Å². The maximum atomic E-state index is 12.3. The van der Waals surface area contributed by atoms with E-state index in [1.165, 1.54) is 0 Å². The number of hydrogen-bond acceptors (Lipinski definition) is 5. The van der Waals surface area contributed by atoms with Gasteiger partial charge >= 0.3 is 6.03 Å². The lowest BCUT2D eigenvalue weighted by atomic mass is 10.1. The summed E-state index contributed by atoms with van der Waals surface area (Å²) in [7, 11) is 2.10. The number of pyridine rings is 1. The van der Waals surface area contributed by atoms with Gasteiger partial charge in [0.1, 0.15) is 5.82 Å². The topological polar surface area (TPSA) is 83.0 Å². The van der Waals surface area contributed by atoms with Crippen molar-refractivity contribution in [2.75, 3.05) is 25.5 Å². The lowest BCUT2D eigenvalue weighted by Gasteiger charge is -2.29. The van der Waals surface area contributed by atoms with E-state index in [1.54, 1.807) is 24.8 Å². The third kappa shape index (κ3) is 4.20. The van der Waals surface area contributed by atoms with E-state index in [4.69, 9.17) is 0 Å². The molecule has 2 aromatic heterocycles. The van der Waals surface area contributed by atoms with Crippen molar-refractivity contribution in [2.45, 2.75) is 18.9 Å². The fraction of sp³-hybridized carbons (Fsp3) is 0.300. The number of urea groups is 1. The van der Waals surface area contributed by atoms with Crippen LogP contribution in [0.3, 0.4) is 0 Å². The number of nitrogens with one attached hydrogen (secondary N) is 2. The van der Waals surface area contributed by atoms with Gasteiger partial charge in [0.15, 0.2) is 0 Å². The molecule has 0 saturated carbocycles. The van der Waals surface area contributed by atoms with E-state index in [1.807, 2.05) is 24.3 Å². The van der Waals surface area contributed by atoms with Crippen LogP contribution in [0, 0.1) is 0 Å². The maximum Gasteiger partial charge on any atom is 0.320 e. The Morgan fingerprint density at radius 1 is 1.07 bits per heavy atom. The van der Waals surface area contributed by atoms with Crippen molar-refractivity contribution in [1.82, 2.24) is 25.2 Å². The molecule has 7 nitrogen and oxygen atoms in total. The maximum absolute atomic E-state index is 12.3. The molecule has 7 heteroatoms. The summed E-state index contributed by atoms with van der Waals surface area (Å²) in [6.45, 7) is 2.01. The summed E-state index contributed by atoms with van der Waals surface area (Å²) < 4.78 is 0. The van der Waals surface area contributed by atoms with Crippen LogP contribution in [0.1, 0.15) is 12.8 Å². The molecule has 0 bridgehead atoms. The van der Waals surface area contributed by atoms with E-state index < -0.39 is 0 Å². The first kappa shape index (κ1) is 17.4. The summed E-state index contributed by atoms with van der Waals surface area (Å²) in [5.41, 5.74) is 1.79. The second-order valence-corrected chi connectivity index (χ2v) is 6.90. The van der Waals surface area contributed by atoms with Gasteiger partial charge in [0, 0.05) is 35.6 Å². The van der Waals surface area contributed by atoms with Gasteiger partial charge in [-0.1, -0.05) is 12.1 Å². The van der Waals surface area contributed by atoms with Crippen LogP contribution in [0.25, 0.3) is 22.0 Å². The molecule has 2 N–H and O–H groups in total. The standard InChI is InChI=1S/C20H22N6O/c1-26-8-4-17(5-9-26)24-20(27)25-19-11-16-10-14(2-3-15(16)12-23-19)18-13-21-6-7-22-18/h2-3,6-7,10-13,17H,4-5,8-9H2,1H3,(H2,23,24,25,27). The van der Waals surface area contributed by atoms with Crippen LogP contribution in [0.15, 0.2) is 49.1 Å². The highest BCUT2D eigenvalue weighted by Crippen LogP contribution is 2.23. The highest BCUT2D eigenvalue weighted by Gasteiger charge is 2.18. The Morgan fingerprint density at radius 3 is 2.70 bits per heavy atom. The molecule has 0 unspecified atom stereocenters. The van der Waals surface area contributed by atoms with Gasteiger partial charge in [-0.3, -0.25) is 15.3 Å². The minimum atomic E-state index is -0.207. The summed E-state index contributed by atoms with van der Waals surface area (Å²) in [5, 5.41) is 7.88. The van der Waals surface area contributed by atoms with Crippen LogP contribution in [-0.2, 0) is 0 Å². The third-order valence-electron chi connectivity index (χ3n) is 4.88. The monoisotopic (exact) mass is 362 g/mol. The van der Waals surface area contributed by atoms with Crippen LogP contribution in [-0.4, -0.2) is 52.1 Å². The van der Waals surface area contributed by atoms with Gasteiger partial charge in [-0.05, 0) is 50.5 Å². The number of rotatable bonds is 3. The molecular weight excluding hydrogens is 340 g/mol. The molecule has 0 spiro atoms. The second-order valence-electron chi connectivity index (χ2n) is 6.90. The van der Waals surface area contributed by atoms with Crippen LogP contribution >= 0.6 is 0 Å². The van der Waals surface area contributed by atoms with E-state index in [9.17, 15) is 4.79 Å². The van der Waals surface area contributed by atoms with E-state index >= 15 is 0 Å². The van der Waals surface area contributed by atoms with Crippen LogP contribution in [0.4, 0.5) is 10.6 Å². The fourth-order valence-electron chi connectivity index (χ4n) is 3.31. The molecule has 1 aromatic carbocycles. The van der Waals surface area contributed by atoms with Gasteiger partial charge < -0.3 is 10.2 Å². The van der Waals surface area contributed by atoms with Crippen molar-refractivity contribution < 1.29 is 4.79 Å². The predicted octanol–water partition coefficient (Wildman–Crippen LogP) is 2.91. The average Bonchev–Trinajstić information content (AvgIpc) is 2.70. The minimum absolute atomic E-state index is 0.207. The van der Waals surface area contributed by atoms with E-state index in [0.717, 1.165) is 48.0 Å². The number of aromatic nitrogens is 3. The number of hydrogen-bond donors (Lipinski definition) is 2. The first-order valence-corrected chi connectivity index (χ1v) is 9.10. The number of piperidine rings is 1. The zero-order valence-corrected chi connectivity index (χ0v) is 15.2. The van der Waals surface area contributed by atoms with Crippen molar-refractivity contribution in [3.8, 4) is 11.3 Å². The molecule has 0 atom stereocenters. The summed E-state index contributed by atoms with van der Waals surface area (Å²) in [4.78, 5) is 27.4. The first-order chi connectivity index (χ1) is 13.2. The van der Waals surface area contributed by atoms with Crippen LogP contribution < -0.4 is 10.6 Å². The molecule has 1 saturated heterocycles. The molecule has 138 valence electrons. The molecule has 2 amide bonds. The Hall–Kier alpha value is -3.06. The quantitative estimate of drug-likeness (QED) is 0.748. The van der Waals surface area contributed by atoms with Gasteiger partial charge in [-0.2, -0.15) is 0 Å². The molecule has 1 fully saturated rings. The molecule has 0 aliphatic carbocycles. The number of carbonyl (C=O) groups is 1. The summed E-state index contributed by atoms with van der Waals surface area (Å²) in [5.74, 6) is 0.532. The predicted molar refractivity (Wildman–Crippen MR) is 105 cm³/mol. The zero-order valence-electron chi connectivity index (χ0n) is 15.2.